The first-order valence-electron chi connectivity index (χ1n) is 13.5. The number of aryl methyl sites for hydroxylation is 2. The number of carbonyl (C=O) groups is 3. The van der Waals surface area contributed by atoms with Crippen LogP contribution in [0.4, 0.5) is 26.3 Å². The number of allylic oxidation sites excluding steroid dienone is 1. The first-order chi connectivity index (χ1) is 20.7. The monoisotopic (exact) mass is 615 g/mol. The minimum atomic E-state index is -4.99. The molecule has 1 aliphatic rings. The minimum Gasteiger partial charge on any atom is -0.486 e. The molecule has 44 heavy (non-hydrogen) atoms. The average molecular weight is 616 g/mol. The Morgan fingerprint density at radius 3 is 2.14 bits per heavy atom. The van der Waals surface area contributed by atoms with Gasteiger partial charge in [-0.1, -0.05) is 24.3 Å². The van der Waals surface area contributed by atoms with Crippen LogP contribution in [-0.2, 0) is 34.8 Å². The van der Waals surface area contributed by atoms with Gasteiger partial charge in [0, 0.05) is 30.7 Å². The number of alkyl halides is 6. The zero-order valence-corrected chi connectivity index (χ0v) is 23.4. The zero-order chi connectivity index (χ0) is 32.1. The molecule has 4 rings (SSSR count). The first kappa shape index (κ1) is 32.2. The van der Waals surface area contributed by atoms with Crippen molar-refractivity contribution >= 4 is 29.6 Å². The number of benzene rings is 3. The topological polar surface area (TPSA) is 72.5 Å². The van der Waals surface area contributed by atoms with Crippen LogP contribution in [-0.4, -0.2) is 31.1 Å². The fraction of sp³-hybridized carbons (Fsp3) is 0.242. The quantitative estimate of drug-likeness (QED) is 0.203. The molecule has 0 spiro atoms. The molecular formula is C33H27F6NO4. The number of likely N-dealkylation sites (N-methyl/N-ethyl adjacent to an activating group) is 1. The molecule has 0 saturated carbocycles. The third-order valence-electron chi connectivity index (χ3n) is 6.97. The molecule has 0 unspecified atom stereocenters. The van der Waals surface area contributed by atoms with Gasteiger partial charge in [0.2, 0.25) is 5.91 Å². The number of nitrogens with one attached hydrogen (secondary N) is 1. The average Bonchev–Trinajstić information content (AvgIpc) is 2.98. The highest BCUT2D eigenvalue weighted by Crippen LogP contribution is 2.37. The minimum absolute atomic E-state index is 0.0415. The van der Waals surface area contributed by atoms with E-state index in [1.807, 2.05) is 24.3 Å². The molecule has 230 valence electrons. The van der Waals surface area contributed by atoms with Crippen molar-refractivity contribution in [1.82, 2.24) is 5.32 Å². The van der Waals surface area contributed by atoms with Gasteiger partial charge in [-0.2, -0.15) is 26.3 Å². The van der Waals surface area contributed by atoms with Gasteiger partial charge >= 0.3 is 12.4 Å². The van der Waals surface area contributed by atoms with Crippen LogP contribution in [0.2, 0.25) is 0 Å². The van der Waals surface area contributed by atoms with Gasteiger partial charge in [-0.3, -0.25) is 14.4 Å². The molecule has 11 heteroatoms. The Kier molecular flexibility index (Phi) is 9.76. The molecule has 0 heterocycles. The van der Waals surface area contributed by atoms with Gasteiger partial charge in [0.25, 0.3) is 0 Å². The number of rotatable bonds is 9. The summed E-state index contributed by atoms with van der Waals surface area (Å²) in [5, 5.41) is 2.49. The van der Waals surface area contributed by atoms with Crippen LogP contribution in [0.1, 0.15) is 56.6 Å². The number of amides is 1. The molecule has 0 radical (unpaired) electrons. The lowest BCUT2D eigenvalue weighted by atomic mass is 9.85. The van der Waals surface area contributed by atoms with Gasteiger partial charge in [-0.15, -0.1) is 0 Å². The van der Waals surface area contributed by atoms with Gasteiger partial charge < -0.3 is 10.1 Å². The maximum atomic E-state index is 13.2. The Hall–Kier alpha value is -4.67. The lowest BCUT2D eigenvalue weighted by molar-refractivity contribution is -0.143. The summed E-state index contributed by atoms with van der Waals surface area (Å²) in [7, 11) is 1.54. The van der Waals surface area contributed by atoms with E-state index in [4.69, 9.17) is 4.74 Å². The summed E-state index contributed by atoms with van der Waals surface area (Å²) < 4.78 is 85.0. The fourth-order valence-electron chi connectivity index (χ4n) is 4.62. The van der Waals surface area contributed by atoms with Crippen LogP contribution in [0.5, 0.6) is 5.75 Å². The van der Waals surface area contributed by atoms with Crippen molar-refractivity contribution in [2.75, 3.05) is 13.7 Å². The molecule has 0 saturated heterocycles. The predicted molar refractivity (Wildman–Crippen MR) is 152 cm³/mol. The van der Waals surface area contributed by atoms with Crippen LogP contribution in [0.25, 0.3) is 12.2 Å². The molecule has 3 aromatic rings. The Labute approximate surface area is 249 Å². The van der Waals surface area contributed by atoms with Crippen LogP contribution in [0.15, 0.2) is 72.3 Å². The molecule has 3 aromatic carbocycles. The van der Waals surface area contributed by atoms with Gasteiger partial charge in [-0.05, 0) is 90.1 Å². The van der Waals surface area contributed by atoms with Crippen LogP contribution in [0.3, 0.4) is 0 Å². The van der Waals surface area contributed by atoms with E-state index in [1.165, 1.54) is 25.3 Å². The summed E-state index contributed by atoms with van der Waals surface area (Å²) in [6, 6.07) is 13.2. The Morgan fingerprint density at radius 2 is 1.52 bits per heavy atom. The second-order valence-electron chi connectivity index (χ2n) is 10.2. The highest BCUT2D eigenvalue weighted by atomic mass is 19.4. The lowest BCUT2D eigenvalue weighted by Crippen LogP contribution is -2.16. The van der Waals surface area contributed by atoms with E-state index < -0.39 is 29.3 Å². The van der Waals surface area contributed by atoms with E-state index in [0.717, 1.165) is 17.2 Å². The smallest absolute Gasteiger partial charge is 0.416 e. The van der Waals surface area contributed by atoms with Crippen LogP contribution in [0, 0.1) is 0 Å². The molecule has 0 bridgehead atoms. The Morgan fingerprint density at radius 1 is 0.864 bits per heavy atom. The largest absolute Gasteiger partial charge is 0.486 e. The normalized spacial score (nSPS) is 14.5. The third-order valence-corrected chi connectivity index (χ3v) is 6.97. The third kappa shape index (κ3) is 8.46. The van der Waals surface area contributed by atoms with Gasteiger partial charge in [0.1, 0.15) is 12.4 Å². The van der Waals surface area contributed by atoms with Crippen LogP contribution < -0.4 is 10.1 Å². The maximum absolute atomic E-state index is 13.2. The van der Waals surface area contributed by atoms with Crippen molar-refractivity contribution in [2.24, 2.45) is 0 Å². The molecular weight excluding hydrogens is 588 g/mol. The van der Waals surface area contributed by atoms with E-state index in [-0.39, 0.29) is 53.9 Å². The maximum Gasteiger partial charge on any atom is 0.416 e. The Balaban J connectivity index is 1.37. The molecule has 0 atom stereocenters. The zero-order valence-electron chi connectivity index (χ0n) is 23.4. The van der Waals surface area contributed by atoms with Crippen LogP contribution >= 0.6 is 0 Å². The Bertz CT molecular complexity index is 1590. The van der Waals surface area contributed by atoms with Crippen molar-refractivity contribution in [3.63, 3.8) is 0 Å². The molecule has 0 aliphatic heterocycles. The van der Waals surface area contributed by atoms with Gasteiger partial charge in [-0.25, -0.2) is 0 Å². The van der Waals surface area contributed by atoms with Gasteiger partial charge in [0.15, 0.2) is 11.6 Å². The summed E-state index contributed by atoms with van der Waals surface area (Å²) in [5.41, 5.74) is -0.554. The van der Waals surface area contributed by atoms with E-state index >= 15 is 0 Å². The standard InChI is InChI=1S/C33H27F6NO4/c1-40-30(42)13-7-21-4-2-20(3-5-21)6-10-27(41)19-44-28-11-12-29-23(17-28)8-9-24(31(29)43)14-22-15-25(32(34,35)36)18-26(16-22)33(37,38)39/h2-5,7,11-18H,6,8-10,19H2,1H3,(H,40,42)/b13-7+,24-14+. The van der Waals surface area contributed by atoms with Crippen molar-refractivity contribution in [2.45, 2.75) is 38.0 Å². The number of carbonyl (C=O) groups excluding carboxylic acids is 3. The van der Waals surface area contributed by atoms with Crippen molar-refractivity contribution in [3.05, 3.63) is 111 Å². The van der Waals surface area contributed by atoms with E-state index in [1.54, 1.807) is 12.1 Å². The van der Waals surface area contributed by atoms with Crippen molar-refractivity contribution in [3.8, 4) is 5.75 Å². The molecule has 1 aliphatic carbocycles. The SMILES string of the molecule is CNC(=O)/C=C/c1ccc(CCC(=O)COc2ccc3c(c2)CC/C(=C\c2cc(C(F)(F)F)cc(C(F)(F)F)c2)C3=O)cc1. The highest BCUT2D eigenvalue weighted by molar-refractivity contribution is 6.13. The number of ketones is 2. The highest BCUT2D eigenvalue weighted by Gasteiger charge is 2.37. The summed E-state index contributed by atoms with van der Waals surface area (Å²) >= 11 is 0. The van der Waals surface area contributed by atoms with E-state index in [9.17, 15) is 40.7 Å². The summed E-state index contributed by atoms with van der Waals surface area (Å²) in [4.78, 5) is 36.8. The summed E-state index contributed by atoms with van der Waals surface area (Å²) in [6.07, 6.45) is -4.70. The van der Waals surface area contributed by atoms with E-state index in [0.29, 0.717) is 36.3 Å². The summed E-state index contributed by atoms with van der Waals surface area (Å²) in [6.45, 7) is -0.193. The predicted octanol–water partition coefficient (Wildman–Crippen LogP) is 7.28. The number of Topliss-reactive ketones (excluding diaryl/α,β-unsaturated/α-hetero) is 2. The number of hydrogen-bond donors (Lipinski definition) is 1. The first-order valence-corrected chi connectivity index (χ1v) is 13.5. The molecule has 0 aromatic heterocycles. The number of hydrogen-bond acceptors (Lipinski definition) is 4. The lowest BCUT2D eigenvalue weighted by Gasteiger charge is -2.19. The second kappa shape index (κ2) is 13.3. The number of halogens is 6. The van der Waals surface area contributed by atoms with E-state index in [2.05, 4.69) is 5.32 Å². The number of ether oxygens (including phenoxy) is 1. The molecule has 1 amide bonds. The molecule has 1 N–H and O–H groups in total. The van der Waals surface area contributed by atoms with Crippen molar-refractivity contribution in [1.29, 1.82) is 0 Å². The number of fused-ring (bicyclic) bond motifs is 1. The molecule has 5 nitrogen and oxygen atoms in total. The fourth-order valence-corrected chi connectivity index (χ4v) is 4.62. The summed E-state index contributed by atoms with van der Waals surface area (Å²) in [5.74, 6) is -0.508. The van der Waals surface area contributed by atoms with Crippen molar-refractivity contribution < 1.29 is 45.5 Å². The molecule has 0 fully saturated rings. The van der Waals surface area contributed by atoms with Gasteiger partial charge in [0.05, 0.1) is 11.1 Å². The second-order valence-corrected chi connectivity index (χ2v) is 10.2.